The molecule has 0 aromatic heterocycles. The Hall–Kier alpha value is -0.0500. The first-order valence-corrected chi connectivity index (χ1v) is 5.63. The Morgan fingerprint density at radius 2 is 2.31 bits per heavy atom. The standard InChI is InChI=1S/C10H11BrClN/c11-9-4-3-7(12)6-8(9)10-2-1-5-13-10/h3-4,6,10,13H,1-2,5H2. The van der Waals surface area contributed by atoms with Crippen LogP contribution in [0.5, 0.6) is 0 Å². The van der Waals surface area contributed by atoms with Gasteiger partial charge in [0.15, 0.2) is 0 Å². The highest BCUT2D eigenvalue weighted by Crippen LogP contribution is 2.31. The number of hydrogen-bond acceptors (Lipinski definition) is 1. The lowest BCUT2D eigenvalue weighted by Crippen LogP contribution is -2.13. The van der Waals surface area contributed by atoms with Crippen molar-refractivity contribution in [2.45, 2.75) is 18.9 Å². The highest BCUT2D eigenvalue weighted by Gasteiger charge is 2.18. The van der Waals surface area contributed by atoms with E-state index in [2.05, 4.69) is 21.2 Å². The van der Waals surface area contributed by atoms with E-state index in [1.165, 1.54) is 18.4 Å². The molecule has 3 heteroatoms. The van der Waals surface area contributed by atoms with Gasteiger partial charge in [-0.2, -0.15) is 0 Å². The Morgan fingerprint density at radius 1 is 1.46 bits per heavy atom. The lowest BCUT2D eigenvalue weighted by Gasteiger charge is -2.12. The van der Waals surface area contributed by atoms with Gasteiger partial charge >= 0.3 is 0 Å². The van der Waals surface area contributed by atoms with Crippen LogP contribution >= 0.6 is 27.5 Å². The van der Waals surface area contributed by atoms with Gasteiger partial charge in [0.05, 0.1) is 0 Å². The largest absolute Gasteiger partial charge is 0.310 e. The molecule has 2 rings (SSSR count). The van der Waals surface area contributed by atoms with Crippen LogP contribution in [-0.2, 0) is 0 Å². The van der Waals surface area contributed by atoms with E-state index in [-0.39, 0.29) is 0 Å². The molecule has 1 aliphatic heterocycles. The number of benzene rings is 1. The summed E-state index contributed by atoms with van der Waals surface area (Å²) in [5.74, 6) is 0. The van der Waals surface area contributed by atoms with E-state index < -0.39 is 0 Å². The third kappa shape index (κ3) is 2.06. The highest BCUT2D eigenvalue weighted by molar-refractivity contribution is 9.10. The second-order valence-electron chi connectivity index (χ2n) is 3.31. The summed E-state index contributed by atoms with van der Waals surface area (Å²) in [6, 6.07) is 6.43. The maximum absolute atomic E-state index is 5.95. The first kappa shape index (κ1) is 9.50. The summed E-state index contributed by atoms with van der Waals surface area (Å²) < 4.78 is 1.15. The Balaban J connectivity index is 2.32. The van der Waals surface area contributed by atoms with Crippen LogP contribution in [0.15, 0.2) is 22.7 Å². The normalized spacial score (nSPS) is 22.2. The molecule has 1 atom stereocenters. The van der Waals surface area contributed by atoms with Crippen LogP contribution < -0.4 is 5.32 Å². The van der Waals surface area contributed by atoms with Crippen molar-refractivity contribution in [3.63, 3.8) is 0 Å². The summed E-state index contributed by atoms with van der Waals surface area (Å²) in [5.41, 5.74) is 1.28. The smallest absolute Gasteiger partial charge is 0.0410 e. The van der Waals surface area contributed by atoms with E-state index in [1.807, 2.05) is 18.2 Å². The van der Waals surface area contributed by atoms with Crippen molar-refractivity contribution in [3.05, 3.63) is 33.3 Å². The van der Waals surface area contributed by atoms with Crippen molar-refractivity contribution in [2.75, 3.05) is 6.54 Å². The summed E-state index contributed by atoms with van der Waals surface area (Å²) in [6.45, 7) is 1.11. The molecule has 1 heterocycles. The second-order valence-corrected chi connectivity index (χ2v) is 4.61. The van der Waals surface area contributed by atoms with Crippen molar-refractivity contribution < 1.29 is 0 Å². The third-order valence-electron chi connectivity index (χ3n) is 2.39. The molecule has 0 amide bonds. The van der Waals surface area contributed by atoms with Gasteiger partial charge in [0, 0.05) is 15.5 Å². The summed E-state index contributed by atoms with van der Waals surface area (Å²) in [5, 5.41) is 4.26. The molecule has 70 valence electrons. The van der Waals surface area contributed by atoms with Crippen LogP contribution in [0.25, 0.3) is 0 Å². The van der Waals surface area contributed by atoms with E-state index in [9.17, 15) is 0 Å². The van der Waals surface area contributed by atoms with Crippen molar-refractivity contribution in [2.24, 2.45) is 0 Å². The zero-order chi connectivity index (χ0) is 9.26. The lowest BCUT2D eigenvalue weighted by molar-refractivity contribution is 0.645. The molecule has 1 saturated heterocycles. The van der Waals surface area contributed by atoms with Crippen molar-refractivity contribution >= 4 is 27.5 Å². The Kier molecular flexibility index (Phi) is 2.92. The molecule has 0 radical (unpaired) electrons. The minimum Gasteiger partial charge on any atom is -0.310 e. The van der Waals surface area contributed by atoms with Crippen LogP contribution in [0, 0.1) is 0 Å². The minimum atomic E-state index is 0.480. The molecule has 0 spiro atoms. The van der Waals surface area contributed by atoms with Crippen LogP contribution in [-0.4, -0.2) is 6.54 Å². The fourth-order valence-electron chi connectivity index (χ4n) is 1.73. The average Bonchev–Trinajstić information content (AvgIpc) is 2.61. The van der Waals surface area contributed by atoms with Gasteiger partial charge in [-0.15, -0.1) is 0 Å². The van der Waals surface area contributed by atoms with E-state index in [0.29, 0.717) is 6.04 Å². The summed E-state index contributed by atoms with van der Waals surface area (Å²) in [6.07, 6.45) is 2.46. The molecular weight excluding hydrogens is 249 g/mol. The molecule has 1 unspecified atom stereocenters. The SMILES string of the molecule is Clc1ccc(Br)c(C2CCCN2)c1. The van der Waals surface area contributed by atoms with Gasteiger partial charge in [0.2, 0.25) is 0 Å². The van der Waals surface area contributed by atoms with E-state index in [1.54, 1.807) is 0 Å². The molecule has 0 bridgehead atoms. The molecule has 0 saturated carbocycles. The highest BCUT2D eigenvalue weighted by atomic mass is 79.9. The molecule has 1 nitrogen and oxygen atoms in total. The maximum atomic E-state index is 5.95. The number of rotatable bonds is 1. The number of nitrogens with one attached hydrogen (secondary N) is 1. The molecule has 1 aliphatic rings. The number of hydrogen-bond donors (Lipinski definition) is 1. The monoisotopic (exact) mass is 259 g/mol. The first-order valence-electron chi connectivity index (χ1n) is 4.46. The Bertz CT molecular complexity index is 308. The van der Waals surface area contributed by atoms with Crippen molar-refractivity contribution in [3.8, 4) is 0 Å². The predicted molar refractivity (Wildman–Crippen MR) is 59.1 cm³/mol. The van der Waals surface area contributed by atoms with Crippen LogP contribution in [0.1, 0.15) is 24.4 Å². The quantitative estimate of drug-likeness (QED) is 0.814. The lowest BCUT2D eigenvalue weighted by atomic mass is 10.1. The summed E-state index contributed by atoms with van der Waals surface area (Å²) in [7, 11) is 0. The van der Waals surface area contributed by atoms with Gasteiger partial charge in [-0.3, -0.25) is 0 Å². The molecular formula is C10H11BrClN. The van der Waals surface area contributed by atoms with E-state index >= 15 is 0 Å². The Morgan fingerprint density at radius 3 is 3.00 bits per heavy atom. The topological polar surface area (TPSA) is 12.0 Å². The van der Waals surface area contributed by atoms with Crippen molar-refractivity contribution in [1.82, 2.24) is 5.32 Å². The summed E-state index contributed by atoms with van der Waals surface area (Å²) >= 11 is 9.49. The molecule has 13 heavy (non-hydrogen) atoms. The zero-order valence-electron chi connectivity index (χ0n) is 7.19. The van der Waals surface area contributed by atoms with E-state index in [0.717, 1.165) is 16.0 Å². The molecule has 0 aliphatic carbocycles. The van der Waals surface area contributed by atoms with Gasteiger partial charge in [-0.1, -0.05) is 27.5 Å². The molecule has 1 N–H and O–H groups in total. The van der Waals surface area contributed by atoms with Crippen LogP contribution in [0.3, 0.4) is 0 Å². The minimum absolute atomic E-state index is 0.480. The summed E-state index contributed by atoms with van der Waals surface area (Å²) in [4.78, 5) is 0. The maximum Gasteiger partial charge on any atom is 0.0410 e. The van der Waals surface area contributed by atoms with Gasteiger partial charge in [0.25, 0.3) is 0 Å². The zero-order valence-corrected chi connectivity index (χ0v) is 9.53. The third-order valence-corrected chi connectivity index (χ3v) is 3.35. The predicted octanol–water partition coefficient (Wildman–Crippen LogP) is 3.53. The second kappa shape index (κ2) is 3.99. The fourth-order valence-corrected chi connectivity index (χ4v) is 2.44. The molecule has 1 aromatic carbocycles. The Labute approximate surface area is 91.6 Å². The van der Waals surface area contributed by atoms with Gasteiger partial charge < -0.3 is 5.32 Å². The van der Waals surface area contributed by atoms with Gasteiger partial charge in [0.1, 0.15) is 0 Å². The van der Waals surface area contributed by atoms with Gasteiger partial charge in [-0.05, 0) is 43.1 Å². The first-order chi connectivity index (χ1) is 6.27. The van der Waals surface area contributed by atoms with Crippen molar-refractivity contribution in [1.29, 1.82) is 0 Å². The average molecular weight is 261 g/mol. The number of halogens is 2. The van der Waals surface area contributed by atoms with Gasteiger partial charge in [-0.25, -0.2) is 0 Å². The molecule has 1 aromatic rings. The van der Waals surface area contributed by atoms with E-state index in [4.69, 9.17) is 11.6 Å². The fraction of sp³-hybridized carbons (Fsp3) is 0.400. The van der Waals surface area contributed by atoms with Crippen LogP contribution in [0.4, 0.5) is 0 Å². The van der Waals surface area contributed by atoms with Crippen LogP contribution in [0.2, 0.25) is 5.02 Å². The molecule has 1 fully saturated rings.